The van der Waals surface area contributed by atoms with Gasteiger partial charge in [0.15, 0.2) is 23.3 Å². The number of ether oxygens (including phenoxy) is 1. The molecule has 0 aliphatic carbocycles. The van der Waals surface area contributed by atoms with E-state index in [1.807, 2.05) is 0 Å². The van der Waals surface area contributed by atoms with E-state index in [2.05, 4.69) is 4.74 Å². The van der Waals surface area contributed by atoms with Gasteiger partial charge in [0.1, 0.15) is 15.0 Å². The smallest absolute Gasteiger partial charge is 0.205 e. The molecule has 160 valence electrons. The Balaban J connectivity index is 2.77. The summed E-state index contributed by atoms with van der Waals surface area (Å²) in [5.74, 6) is -24.7. The lowest BCUT2D eigenvalue weighted by molar-refractivity contribution is 0.312. The van der Waals surface area contributed by atoms with Crippen LogP contribution in [-0.4, -0.2) is 13.0 Å². The van der Waals surface area contributed by atoms with Crippen molar-refractivity contribution in [1.29, 1.82) is 0 Å². The van der Waals surface area contributed by atoms with Crippen molar-refractivity contribution in [2.45, 2.75) is 31.1 Å². The molecule has 0 radical (unpaired) electrons. The second kappa shape index (κ2) is 7.78. The fourth-order valence-corrected chi connectivity index (χ4v) is 2.98. The highest BCUT2D eigenvalue weighted by molar-refractivity contribution is 7.85. The Hall–Kier alpha value is -2.41. The van der Waals surface area contributed by atoms with Crippen LogP contribution in [0.3, 0.4) is 0 Å². The van der Waals surface area contributed by atoms with E-state index >= 15 is 0 Å². The van der Waals surface area contributed by atoms with Crippen LogP contribution in [0, 0.1) is 46.5 Å². The quantitative estimate of drug-likeness (QED) is 0.366. The van der Waals surface area contributed by atoms with Crippen molar-refractivity contribution in [2.24, 2.45) is 0 Å². The van der Waals surface area contributed by atoms with Gasteiger partial charge in [-0.3, -0.25) is 0 Å². The molecule has 0 amide bonds. The lowest BCUT2D eigenvalue weighted by Crippen LogP contribution is -2.13. The maximum Gasteiger partial charge on any atom is 0.205 e. The molecule has 0 saturated heterocycles. The van der Waals surface area contributed by atoms with Gasteiger partial charge in [0.25, 0.3) is 0 Å². The van der Waals surface area contributed by atoms with Gasteiger partial charge in [-0.15, -0.1) is 0 Å². The molecule has 0 fully saturated rings. The minimum Gasteiger partial charge on any atom is -0.744 e. The van der Waals surface area contributed by atoms with Crippen molar-refractivity contribution in [3.63, 3.8) is 0 Å². The molecular formula is C16H9F8O4S-. The molecule has 2 aromatic rings. The predicted molar refractivity (Wildman–Crippen MR) is 79.3 cm³/mol. The summed E-state index contributed by atoms with van der Waals surface area (Å²) in [4.78, 5) is -2.55. The van der Waals surface area contributed by atoms with Crippen molar-refractivity contribution in [1.82, 2.24) is 0 Å². The Bertz CT molecular complexity index is 1040. The molecule has 0 spiro atoms. The van der Waals surface area contributed by atoms with Crippen molar-refractivity contribution in [3.8, 4) is 11.5 Å². The maximum absolute atomic E-state index is 14.1. The number of benzene rings is 2. The van der Waals surface area contributed by atoms with Gasteiger partial charge in [-0.05, 0) is 12.3 Å². The molecule has 4 nitrogen and oxygen atoms in total. The topological polar surface area (TPSA) is 66.4 Å². The van der Waals surface area contributed by atoms with Crippen LogP contribution in [0.2, 0.25) is 0 Å². The molecule has 2 aromatic carbocycles. The number of rotatable bonds is 5. The maximum atomic E-state index is 14.1. The van der Waals surface area contributed by atoms with Crippen LogP contribution in [-0.2, 0) is 10.1 Å². The first-order valence-corrected chi connectivity index (χ1v) is 9.01. The minimum atomic E-state index is -6.05. The van der Waals surface area contributed by atoms with E-state index in [1.54, 1.807) is 0 Å². The molecule has 0 aliphatic heterocycles. The third kappa shape index (κ3) is 3.75. The Kier molecular flexibility index (Phi) is 6.14. The molecule has 0 aliphatic rings. The van der Waals surface area contributed by atoms with E-state index in [0.29, 0.717) is 0 Å². The second-order valence-corrected chi connectivity index (χ2v) is 7.09. The Morgan fingerprint density at radius 3 is 1.41 bits per heavy atom. The Morgan fingerprint density at radius 2 is 1.10 bits per heavy atom. The summed E-state index contributed by atoms with van der Waals surface area (Å²) in [5.41, 5.74) is -1.04. The zero-order valence-corrected chi connectivity index (χ0v) is 15.2. The van der Waals surface area contributed by atoms with E-state index < -0.39 is 84.5 Å². The molecule has 13 heteroatoms. The first-order valence-electron chi connectivity index (χ1n) is 7.61. The number of hydrogen-bond donors (Lipinski definition) is 0. The standard InChI is InChI=1S/C16H10F8O4S/c1-3-4(2)5-6(17)8(19)14(9(20)7(5)18)28-15-10(21)12(23)16(29(25,26)27)13(24)11(15)22/h4H,3H2,1-2H3,(H,25,26,27)/p-1. The molecule has 0 aromatic heterocycles. The summed E-state index contributed by atoms with van der Waals surface area (Å²) in [5, 5.41) is 0. The van der Waals surface area contributed by atoms with Crippen molar-refractivity contribution in [3.05, 3.63) is 52.1 Å². The van der Waals surface area contributed by atoms with Crippen molar-refractivity contribution < 1.29 is 52.8 Å². The second-order valence-electron chi connectivity index (χ2n) is 5.78. The highest BCUT2D eigenvalue weighted by Gasteiger charge is 2.34. The van der Waals surface area contributed by atoms with Crippen LogP contribution >= 0.6 is 0 Å². The largest absolute Gasteiger partial charge is 0.744 e. The van der Waals surface area contributed by atoms with Crippen LogP contribution in [0.4, 0.5) is 35.1 Å². The summed E-state index contributed by atoms with van der Waals surface area (Å²) < 4.78 is 148. The number of halogens is 8. The van der Waals surface area contributed by atoms with Gasteiger partial charge in [0.05, 0.1) is 0 Å². The molecule has 0 bridgehead atoms. The van der Waals surface area contributed by atoms with Gasteiger partial charge in [-0.2, -0.15) is 17.6 Å². The molecule has 0 heterocycles. The Morgan fingerprint density at radius 1 is 0.759 bits per heavy atom. The van der Waals surface area contributed by atoms with Crippen LogP contribution in [0.15, 0.2) is 4.90 Å². The summed E-state index contributed by atoms with van der Waals surface area (Å²) in [6.07, 6.45) is 0.0394. The third-order valence-corrected chi connectivity index (χ3v) is 4.86. The third-order valence-electron chi connectivity index (χ3n) is 4.00. The highest BCUT2D eigenvalue weighted by atomic mass is 32.2. The molecule has 29 heavy (non-hydrogen) atoms. The first-order chi connectivity index (χ1) is 13.3. The summed E-state index contributed by atoms with van der Waals surface area (Å²) in [6, 6.07) is 0. The van der Waals surface area contributed by atoms with Crippen molar-refractivity contribution >= 4 is 10.1 Å². The van der Waals surface area contributed by atoms with E-state index in [4.69, 9.17) is 0 Å². The summed E-state index contributed by atoms with van der Waals surface area (Å²) in [7, 11) is -6.05. The molecule has 1 atom stereocenters. The van der Waals surface area contributed by atoms with Gasteiger partial charge in [0.2, 0.25) is 34.8 Å². The highest BCUT2D eigenvalue weighted by Crippen LogP contribution is 2.40. The lowest BCUT2D eigenvalue weighted by atomic mass is 9.96. The molecular weight excluding hydrogens is 440 g/mol. The fourth-order valence-electron chi connectivity index (χ4n) is 2.36. The average molecular weight is 449 g/mol. The summed E-state index contributed by atoms with van der Waals surface area (Å²) >= 11 is 0. The monoisotopic (exact) mass is 449 g/mol. The van der Waals surface area contributed by atoms with Gasteiger partial charge in [-0.1, -0.05) is 13.8 Å². The lowest BCUT2D eigenvalue weighted by Gasteiger charge is -2.18. The van der Waals surface area contributed by atoms with Crippen molar-refractivity contribution in [2.75, 3.05) is 0 Å². The molecule has 0 saturated carbocycles. The predicted octanol–water partition coefficient (Wildman–Crippen LogP) is 5.01. The van der Waals surface area contributed by atoms with E-state index in [1.165, 1.54) is 13.8 Å². The van der Waals surface area contributed by atoms with Gasteiger partial charge < -0.3 is 9.29 Å². The van der Waals surface area contributed by atoms with E-state index in [9.17, 15) is 48.1 Å². The number of hydrogen-bond acceptors (Lipinski definition) is 4. The van der Waals surface area contributed by atoms with Gasteiger partial charge in [-0.25, -0.2) is 26.0 Å². The van der Waals surface area contributed by atoms with Gasteiger partial charge in [0, 0.05) is 5.56 Å². The molecule has 1 unspecified atom stereocenters. The fraction of sp³-hybridized carbons (Fsp3) is 0.250. The molecule has 2 rings (SSSR count). The normalized spacial score (nSPS) is 12.9. The minimum absolute atomic E-state index is 0.0394. The zero-order valence-electron chi connectivity index (χ0n) is 14.3. The van der Waals surface area contributed by atoms with E-state index in [0.717, 1.165) is 0 Å². The average Bonchev–Trinajstić information content (AvgIpc) is 2.63. The SMILES string of the molecule is CCC(C)c1c(F)c(F)c(Oc2c(F)c(F)c(S(=O)(=O)[O-])c(F)c2F)c(F)c1F. The van der Waals surface area contributed by atoms with Crippen LogP contribution < -0.4 is 4.74 Å². The van der Waals surface area contributed by atoms with Crippen LogP contribution in [0.1, 0.15) is 31.7 Å². The van der Waals surface area contributed by atoms with Crippen LogP contribution in [0.5, 0.6) is 11.5 Å². The zero-order chi connectivity index (χ0) is 22.4. The van der Waals surface area contributed by atoms with E-state index in [-0.39, 0.29) is 6.42 Å². The first kappa shape index (κ1) is 22.9. The Labute approximate surface area is 158 Å². The van der Waals surface area contributed by atoms with Crippen LogP contribution in [0.25, 0.3) is 0 Å². The molecule has 0 N–H and O–H groups in total. The summed E-state index contributed by atoms with van der Waals surface area (Å²) in [6.45, 7) is 2.65. The van der Waals surface area contributed by atoms with Gasteiger partial charge >= 0.3 is 0 Å².